The predicted molar refractivity (Wildman–Crippen MR) is 121 cm³/mol. The fourth-order valence-electron chi connectivity index (χ4n) is 3.09. The minimum Gasteiger partial charge on any atom is -0.483 e. The van der Waals surface area contributed by atoms with E-state index in [0.717, 1.165) is 16.7 Å². The molecule has 2 rings (SSSR count). The number of carbonyl (C=O) groups excluding carboxylic acids is 2. The fourth-order valence-corrected chi connectivity index (χ4v) is 3.26. The lowest BCUT2D eigenvalue weighted by atomic mass is 10.0. The second kappa shape index (κ2) is 10.5. The first kappa shape index (κ1) is 23.7. The van der Waals surface area contributed by atoms with Crippen LogP contribution in [0.4, 0.5) is 0 Å². The molecule has 0 aliphatic carbocycles. The van der Waals surface area contributed by atoms with E-state index in [2.05, 4.69) is 13.8 Å². The van der Waals surface area contributed by atoms with Crippen molar-refractivity contribution in [2.45, 2.75) is 40.2 Å². The van der Waals surface area contributed by atoms with Crippen LogP contribution in [0.2, 0.25) is 5.02 Å². The Kier molecular flexibility index (Phi) is 8.30. The van der Waals surface area contributed by atoms with Crippen LogP contribution in [-0.4, -0.2) is 48.9 Å². The van der Waals surface area contributed by atoms with Crippen LogP contribution in [0.5, 0.6) is 5.75 Å². The van der Waals surface area contributed by atoms with Gasteiger partial charge >= 0.3 is 0 Å². The van der Waals surface area contributed by atoms with E-state index < -0.39 is 0 Å². The van der Waals surface area contributed by atoms with Gasteiger partial charge < -0.3 is 14.5 Å². The van der Waals surface area contributed by atoms with Crippen molar-refractivity contribution in [2.75, 3.05) is 27.2 Å². The number of benzene rings is 2. The molecule has 2 aromatic rings. The van der Waals surface area contributed by atoms with Gasteiger partial charge in [0.1, 0.15) is 5.75 Å². The van der Waals surface area contributed by atoms with Gasteiger partial charge in [-0.05, 0) is 60.7 Å². The number of hydrogen-bond donors (Lipinski definition) is 0. The van der Waals surface area contributed by atoms with E-state index in [-0.39, 0.29) is 24.3 Å². The van der Waals surface area contributed by atoms with E-state index in [9.17, 15) is 9.59 Å². The number of halogens is 1. The molecule has 0 bridgehead atoms. The first-order valence-electron chi connectivity index (χ1n) is 10.1. The van der Waals surface area contributed by atoms with Crippen molar-refractivity contribution in [2.24, 2.45) is 0 Å². The quantitative estimate of drug-likeness (QED) is 0.598. The van der Waals surface area contributed by atoms with Gasteiger partial charge in [-0.1, -0.05) is 37.6 Å². The fraction of sp³-hybridized carbons (Fsp3) is 0.417. The molecule has 0 saturated heterocycles. The molecule has 2 amide bonds. The maximum atomic E-state index is 12.8. The van der Waals surface area contributed by atoms with Crippen molar-refractivity contribution < 1.29 is 14.3 Å². The molecule has 0 aromatic heterocycles. The monoisotopic (exact) mass is 430 g/mol. The van der Waals surface area contributed by atoms with Crippen molar-refractivity contribution in [3.05, 3.63) is 63.7 Å². The molecular weight excluding hydrogens is 400 g/mol. The average molecular weight is 431 g/mol. The molecule has 0 unspecified atom stereocenters. The third-order valence-electron chi connectivity index (χ3n) is 4.98. The zero-order valence-corrected chi connectivity index (χ0v) is 19.4. The first-order chi connectivity index (χ1) is 14.1. The van der Waals surface area contributed by atoms with Crippen LogP contribution in [0.3, 0.4) is 0 Å². The Labute approximate surface area is 184 Å². The van der Waals surface area contributed by atoms with Gasteiger partial charge in [0.05, 0.1) is 0 Å². The summed E-state index contributed by atoms with van der Waals surface area (Å²) in [4.78, 5) is 28.1. The minimum absolute atomic E-state index is 0.0359. The van der Waals surface area contributed by atoms with Crippen molar-refractivity contribution in [1.82, 2.24) is 9.80 Å². The maximum Gasteiger partial charge on any atom is 0.260 e. The van der Waals surface area contributed by atoms with E-state index in [1.807, 2.05) is 38.1 Å². The highest BCUT2D eigenvalue weighted by atomic mass is 35.5. The second-order valence-electron chi connectivity index (χ2n) is 7.89. The average Bonchev–Trinajstić information content (AvgIpc) is 2.71. The Morgan fingerprint density at radius 1 is 1.10 bits per heavy atom. The third kappa shape index (κ3) is 5.99. The van der Waals surface area contributed by atoms with Crippen LogP contribution < -0.4 is 4.74 Å². The van der Waals surface area contributed by atoms with E-state index in [1.54, 1.807) is 31.1 Å². The summed E-state index contributed by atoms with van der Waals surface area (Å²) in [6.07, 6.45) is 0. The number of likely N-dealkylation sites (N-methyl/N-ethyl adjacent to an activating group) is 1. The van der Waals surface area contributed by atoms with Crippen molar-refractivity contribution in [3.63, 3.8) is 0 Å². The number of nitrogens with zero attached hydrogens (tertiary/aromatic N) is 2. The lowest BCUT2D eigenvalue weighted by Crippen LogP contribution is -2.34. The summed E-state index contributed by atoms with van der Waals surface area (Å²) >= 11 is 6.25. The Balaban J connectivity index is 2.05. The van der Waals surface area contributed by atoms with E-state index in [4.69, 9.17) is 16.3 Å². The Bertz CT molecular complexity index is 892. The molecule has 0 aliphatic rings. The molecule has 5 nitrogen and oxygen atoms in total. The highest BCUT2D eigenvalue weighted by Gasteiger charge is 2.17. The molecule has 0 heterocycles. The molecule has 0 atom stereocenters. The number of ether oxygens (including phenoxy) is 1. The van der Waals surface area contributed by atoms with E-state index in [1.165, 1.54) is 4.90 Å². The van der Waals surface area contributed by atoms with Gasteiger partial charge in [0.2, 0.25) is 0 Å². The molecule has 162 valence electrons. The topological polar surface area (TPSA) is 49.9 Å². The van der Waals surface area contributed by atoms with Crippen LogP contribution in [-0.2, 0) is 11.3 Å². The molecule has 30 heavy (non-hydrogen) atoms. The molecule has 0 aliphatic heterocycles. The molecule has 0 radical (unpaired) electrons. The molecule has 0 spiro atoms. The van der Waals surface area contributed by atoms with Gasteiger partial charge in [-0.15, -0.1) is 0 Å². The van der Waals surface area contributed by atoms with Gasteiger partial charge in [-0.3, -0.25) is 9.59 Å². The highest BCUT2D eigenvalue weighted by molar-refractivity contribution is 6.31. The number of rotatable bonds is 8. The highest BCUT2D eigenvalue weighted by Crippen LogP contribution is 2.32. The molecule has 6 heteroatoms. The normalized spacial score (nSPS) is 10.8. The third-order valence-corrected chi connectivity index (χ3v) is 5.39. The lowest BCUT2D eigenvalue weighted by molar-refractivity contribution is -0.133. The van der Waals surface area contributed by atoms with Crippen LogP contribution in [0.25, 0.3) is 0 Å². The van der Waals surface area contributed by atoms with Gasteiger partial charge in [0.15, 0.2) is 6.61 Å². The van der Waals surface area contributed by atoms with Crippen molar-refractivity contribution in [1.29, 1.82) is 0 Å². The molecular formula is C24H31ClN2O3. The SMILES string of the molecule is CCN(Cc1ccc(C(=O)N(C)C)cc1)C(=O)COc1cc(C)c(Cl)cc1C(C)C. The smallest absolute Gasteiger partial charge is 0.260 e. The van der Waals surface area contributed by atoms with Gasteiger partial charge in [-0.2, -0.15) is 0 Å². The number of carbonyl (C=O) groups is 2. The summed E-state index contributed by atoms with van der Waals surface area (Å²) in [5.41, 5.74) is 3.50. The molecule has 2 aromatic carbocycles. The lowest BCUT2D eigenvalue weighted by Gasteiger charge is -2.22. The van der Waals surface area contributed by atoms with Crippen molar-refractivity contribution in [3.8, 4) is 5.75 Å². The van der Waals surface area contributed by atoms with Crippen LogP contribution in [0, 0.1) is 6.92 Å². The summed E-state index contributed by atoms with van der Waals surface area (Å²) in [7, 11) is 3.45. The Morgan fingerprint density at radius 3 is 2.27 bits per heavy atom. The summed E-state index contributed by atoms with van der Waals surface area (Å²) < 4.78 is 5.89. The van der Waals surface area contributed by atoms with E-state index >= 15 is 0 Å². The number of amides is 2. The standard InChI is InChI=1S/C24H31ClN2O3/c1-7-27(14-18-8-10-19(11-9-18)24(29)26(5)6)23(28)15-30-22-12-17(4)21(25)13-20(22)16(2)3/h8-13,16H,7,14-15H2,1-6H3. The van der Waals surface area contributed by atoms with E-state index in [0.29, 0.717) is 29.4 Å². The van der Waals surface area contributed by atoms with Gasteiger partial charge in [-0.25, -0.2) is 0 Å². The summed E-state index contributed by atoms with van der Waals surface area (Å²) in [6.45, 7) is 8.99. The number of aryl methyl sites for hydroxylation is 1. The maximum absolute atomic E-state index is 12.8. The minimum atomic E-state index is -0.0896. The number of hydrogen-bond acceptors (Lipinski definition) is 3. The summed E-state index contributed by atoms with van der Waals surface area (Å²) in [5, 5.41) is 0.698. The van der Waals surface area contributed by atoms with Crippen molar-refractivity contribution >= 4 is 23.4 Å². The first-order valence-corrected chi connectivity index (χ1v) is 10.5. The summed E-state index contributed by atoms with van der Waals surface area (Å²) in [5.74, 6) is 0.799. The molecule has 0 N–H and O–H groups in total. The molecule has 0 saturated carbocycles. The zero-order chi connectivity index (χ0) is 22.4. The predicted octanol–water partition coefficient (Wildman–Crippen LogP) is 4.90. The van der Waals surface area contributed by atoms with Crippen LogP contribution in [0.1, 0.15) is 53.7 Å². The zero-order valence-electron chi connectivity index (χ0n) is 18.7. The van der Waals surface area contributed by atoms with Gasteiger partial charge in [0.25, 0.3) is 11.8 Å². The second-order valence-corrected chi connectivity index (χ2v) is 8.29. The summed E-state index contributed by atoms with van der Waals surface area (Å²) in [6, 6.07) is 11.1. The largest absolute Gasteiger partial charge is 0.483 e. The van der Waals surface area contributed by atoms with Crippen LogP contribution in [0.15, 0.2) is 36.4 Å². The van der Waals surface area contributed by atoms with Crippen LogP contribution >= 0.6 is 11.6 Å². The molecule has 0 fully saturated rings. The van der Waals surface area contributed by atoms with Gasteiger partial charge in [0, 0.05) is 37.8 Å². The Hall–Kier alpha value is -2.53. The Morgan fingerprint density at radius 2 is 1.73 bits per heavy atom.